The highest BCUT2D eigenvalue weighted by Crippen LogP contribution is 2.25. The summed E-state index contributed by atoms with van der Waals surface area (Å²) in [5, 5.41) is 8.31. The third-order valence-electron chi connectivity index (χ3n) is 5.29. The van der Waals surface area contributed by atoms with Gasteiger partial charge in [-0.2, -0.15) is 10.2 Å². The van der Waals surface area contributed by atoms with Crippen molar-refractivity contribution in [2.45, 2.75) is 92.0 Å². The molecule has 4 heterocycles. The molecule has 38 heavy (non-hydrogen) atoms. The molecule has 4 rings (SSSR count). The van der Waals surface area contributed by atoms with Crippen LogP contribution in [0.25, 0.3) is 0 Å². The number of carbonyl (C=O) groups excluding carboxylic acids is 4. The number of primary amides is 2. The second-order valence-corrected chi connectivity index (χ2v) is 11.2. The first kappa shape index (κ1) is 28.5. The van der Waals surface area contributed by atoms with Gasteiger partial charge in [0.2, 0.25) is 11.8 Å². The third-order valence-corrected chi connectivity index (χ3v) is 5.29. The zero-order valence-electron chi connectivity index (χ0n) is 22.7. The average Bonchev–Trinajstić information content (AvgIpc) is 3.46. The van der Waals surface area contributed by atoms with E-state index in [2.05, 4.69) is 10.2 Å². The highest BCUT2D eigenvalue weighted by atomic mass is 16.6. The predicted octanol–water partition coefficient (Wildman–Crippen LogP) is 1.24. The van der Waals surface area contributed by atoms with Crippen molar-refractivity contribution < 1.29 is 28.7 Å². The number of nitrogens with zero attached hydrogens (tertiary/aromatic N) is 6. The Balaban J connectivity index is 0.000000211. The van der Waals surface area contributed by atoms with Crippen LogP contribution in [0.2, 0.25) is 0 Å². The zero-order valence-corrected chi connectivity index (χ0v) is 22.7. The maximum atomic E-state index is 11.9. The third kappa shape index (κ3) is 7.70. The Labute approximate surface area is 220 Å². The summed E-state index contributed by atoms with van der Waals surface area (Å²) in [4.78, 5) is 48.7. The first-order chi connectivity index (χ1) is 17.5. The van der Waals surface area contributed by atoms with Gasteiger partial charge in [-0.3, -0.25) is 28.8 Å². The number of rotatable bonds is 4. The van der Waals surface area contributed by atoms with Crippen LogP contribution < -0.4 is 11.5 Å². The topological polar surface area (TPSA) is 181 Å². The summed E-state index contributed by atoms with van der Waals surface area (Å²) in [7, 11) is 0. The van der Waals surface area contributed by atoms with Crippen LogP contribution in [0.1, 0.15) is 64.1 Å². The zero-order chi connectivity index (χ0) is 28.4. The van der Waals surface area contributed by atoms with Gasteiger partial charge >= 0.3 is 12.2 Å². The van der Waals surface area contributed by atoms with E-state index >= 15 is 0 Å². The predicted molar refractivity (Wildman–Crippen MR) is 134 cm³/mol. The lowest BCUT2D eigenvalue weighted by atomic mass is 10.2. The van der Waals surface area contributed by atoms with Gasteiger partial charge in [0, 0.05) is 17.3 Å². The van der Waals surface area contributed by atoms with E-state index in [4.69, 9.17) is 20.9 Å². The molecule has 0 aliphatic carbocycles. The van der Waals surface area contributed by atoms with Crippen molar-refractivity contribution in [1.29, 1.82) is 0 Å². The Hall–Kier alpha value is -4.10. The summed E-state index contributed by atoms with van der Waals surface area (Å²) in [5.74, 6) is -0.896. The molecule has 2 aromatic rings. The first-order valence-electron chi connectivity index (χ1n) is 12.1. The van der Waals surface area contributed by atoms with Gasteiger partial charge in [-0.05, 0) is 41.5 Å². The van der Waals surface area contributed by atoms with E-state index < -0.39 is 23.0 Å². The highest BCUT2D eigenvalue weighted by Gasteiger charge is 2.31. The molecule has 4 amide bonds. The smallest absolute Gasteiger partial charge is 0.410 e. The molecule has 0 saturated carbocycles. The van der Waals surface area contributed by atoms with Gasteiger partial charge in [-0.1, -0.05) is 0 Å². The van der Waals surface area contributed by atoms with Crippen LogP contribution in [0, 0.1) is 0 Å². The van der Waals surface area contributed by atoms with Crippen molar-refractivity contribution >= 4 is 24.0 Å². The van der Waals surface area contributed by atoms with E-state index in [1.807, 2.05) is 41.5 Å². The van der Waals surface area contributed by atoms with Crippen LogP contribution in [-0.2, 0) is 58.3 Å². The second kappa shape index (κ2) is 10.7. The fourth-order valence-corrected chi connectivity index (χ4v) is 3.85. The number of ether oxygens (including phenoxy) is 2. The Morgan fingerprint density at radius 3 is 1.84 bits per heavy atom. The molecule has 2 aliphatic heterocycles. The van der Waals surface area contributed by atoms with Crippen LogP contribution in [0.3, 0.4) is 0 Å². The standard InChI is InChI=1S/2C12H18N4O3/c1-12(2,3)19-11(18)15-4-8-5-16(7-10(13)17)14-9(8)6-15;1-12(2,3)19-11(18)15-5-8-4-14-16(7-10(13)17)9(8)6-15/h5H,4,6-7H2,1-3H3,(H2,13,17);4H,5-7H2,1-3H3,(H2,13,17). The van der Waals surface area contributed by atoms with Gasteiger partial charge in [0.1, 0.15) is 24.3 Å². The van der Waals surface area contributed by atoms with E-state index in [1.54, 1.807) is 22.2 Å². The Kier molecular flexibility index (Phi) is 8.03. The average molecular weight is 533 g/mol. The lowest BCUT2D eigenvalue weighted by Gasteiger charge is -2.24. The minimum absolute atomic E-state index is 0.0253. The van der Waals surface area contributed by atoms with E-state index in [0.29, 0.717) is 26.2 Å². The van der Waals surface area contributed by atoms with Gasteiger partial charge in [-0.15, -0.1) is 0 Å². The molecule has 208 valence electrons. The van der Waals surface area contributed by atoms with Crippen molar-refractivity contribution in [3.05, 3.63) is 34.9 Å². The minimum Gasteiger partial charge on any atom is -0.444 e. The molecule has 0 aromatic carbocycles. The lowest BCUT2D eigenvalue weighted by Crippen LogP contribution is -2.34. The number of carbonyl (C=O) groups is 4. The maximum Gasteiger partial charge on any atom is 0.410 e. The molecule has 2 aromatic heterocycles. The number of amides is 4. The molecule has 0 radical (unpaired) electrons. The fraction of sp³-hybridized carbons (Fsp3) is 0.583. The fourth-order valence-electron chi connectivity index (χ4n) is 3.85. The monoisotopic (exact) mass is 532 g/mol. The lowest BCUT2D eigenvalue weighted by molar-refractivity contribution is -0.119. The number of hydrogen-bond acceptors (Lipinski definition) is 8. The van der Waals surface area contributed by atoms with Crippen LogP contribution in [0.4, 0.5) is 9.59 Å². The summed E-state index contributed by atoms with van der Waals surface area (Å²) < 4.78 is 13.6. The molecule has 14 nitrogen and oxygen atoms in total. The number of aromatic nitrogens is 4. The molecular formula is C24H36N8O6. The first-order valence-corrected chi connectivity index (χ1v) is 12.1. The second-order valence-electron chi connectivity index (χ2n) is 11.2. The van der Waals surface area contributed by atoms with Crippen molar-refractivity contribution in [2.75, 3.05) is 0 Å². The van der Waals surface area contributed by atoms with Crippen LogP contribution in [0.15, 0.2) is 12.4 Å². The molecule has 2 aliphatic rings. The van der Waals surface area contributed by atoms with E-state index in [-0.39, 0.29) is 25.3 Å². The summed E-state index contributed by atoms with van der Waals surface area (Å²) in [6, 6.07) is 0. The normalized spacial score (nSPS) is 14.4. The van der Waals surface area contributed by atoms with Crippen LogP contribution in [0.5, 0.6) is 0 Å². The summed E-state index contributed by atoms with van der Waals surface area (Å²) in [6.07, 6.45) is 2.67. The summed E-state index contributed by atoms with van der Waals surface area (Å²) in [6.45, 7) is 12.7. The number of nitrogens with two attached hydrogens (primary N) is 2. The molecule has 0 fully saturated rings. The van der Waals surface area contributed by atoms with Crippen molar-refractivity contribution in [1.82, 2.24) is 29.4 Å². The van der Waals surface area contributed by atoms with Gasteiger partial charge in [0.15, 0.2) is 0 Å². The molecule has 0 spiro atoms. The molecule has 14 heteroatoms. The molecule has 0 bridgehead atoms. The Morgan fingerprint density at radius 1 is 0.816 bits per heavy atom. The Bertz CT molecular complexity index is 1200. The highest BCUT2D eigenvalue weighted by molar-refractivity contribution is 5.74. The SMILES string of the molecule is CC(C)(C)OC(=O)N1Cc2cn(CC(N)=O)nc2C1.CC(C)(C)OC(=O)N1Cc2cnn(CC(N)=O)c2C1. The van der Waals surface area contributed by atoms with Gasteiger partial charge in [0.05, 0.1) is 43.8 Å². The van der Waals surface area contributed by atoms with Crippen LogP contribution >= 0.6 is 0 Å². The van der Waals surface area contributed by atoms with Crippen LogP contribution in [-0.4, -0.2) is 64.6 Å². The largest absolute Gasteiger partial charge is 0.444 e. The molecule has 0 unspecified atom stereocenters. The maximum absolute atomic E-state index is 11.9. The van der Waals surface area contributed by atoms with E-state index in [9.17, 15) is 19.2 Å². The van der Waals surface area contributed by atoms with Gasteiger partial charge < -0.3 is 20.9 Å². The van der Waals surface area contributed by atoms with Gasteiger partial charge in [0.25, 0.3) is 0 Å². The molecule has 4 N–H and O–H groups in total. The minimum atomic E-state index is -0.523. The van der Waals surface area contributed by atoms with Crippen molar-refractivity contribution in [3.8, 4) is 0 Å². The van der Waals surface area contributed by atoms with Gasteiger partial charge in [-0.25, -0.2) is 9.59 Å². The molecule has 0 saturated heterocycles. The quantitative estimate of drug-likeness (QED) is 0.590. The number of hydrogen-bond donors (Lipinski definition) is 2. The Morgan fingerprint density at radius 2 is 1.34 bits per heavy atom. The molecular weight excluding hydrogens is 496 g/mol. The molecule has 0 atom stereocenters. The van der Waals surface area contributed by atoms with Crippen molar-refractivity contribution in [2.24, 2.45) is 11.5 Å². The summed E-state index contributed by atoms with van der Waals surface area (Å²) >= 11 is 0. The summed E-state index contributed by atoms with van der Waals surface area (Å²) in [5.41, 5.74) is 12.7. The van der Waals surface area contributed by atoms with E-state index in [0.717, 1.165) is 22.5 Å². The number of fused-ring (bicyclic) bond motifs is 2. The van der Waals surface area contributed by atoms with E-state index in [1.165, 1.54) is 9.36 Å². The van der Waals surface area contributed by atoms with Crippen molar-refractivity contribution in [3.63, 3.8) is 0 Å².